The SMILES string of the molecule is COC1CCC(C(=O)Oc2ccc(C=CC(=O)OCCc3ccc(N)cc3N)cc2)CC1. The van der Waals surface area contributed by atoms with Crippen LogP contribution in [-0.2, 0) is 25.5 Å². The largest absolute Gasteiger partial charge is 0.462 e. The monoisotopic (exact) mass is 438 g/mol. The number of rotatable bonds is 8. The maximum Gasteiger partial charge on any atom is 0.330 e. The normalized spacial score (nSPS) is 18.4. The molecule has 2 aromatic rings. The highest BCUT2D eigenvalue weighted by atomic mass is 16.5. The molecule has 3 rings (SSSR count). The van der Waals surface area contributed by atoms with Gasteiger partial charge in [0.2, 0.25) is 0 Å². The lowest BCUT2D eigenvalue weighted by atomic mass is 9.87. The van der Waals surface area contributed by atoms with Gasteiger partial charge in [0.05, 0.1) is 18.6 Å². The van der Waals surface area contributed by atoms with E-state index in [1.54, 1.807) is 49.6 Å². The van der Waals surface area contributed by atoms with E-state index < -0.39 is 5.97 Å². The van der Waals surface area contributed by atoms with E-state index in [1.165, 1.54) is 6.08 Å². The summed E-state index contributed by atoms with van der Waals surface area (Å²) in [6.45, 7) is 0.221. The van der Waals surface area contributed by atoms with Crippen molar-refractivity contribution in [1.29, 1.82) is 0 Å². The molecule has 0 spiro atoms. The lowest BCUT2D eigenvalue weighted by Gasteiger charge is -2.26. The van der Waals surface area contributed by atoms with Gasteiger partial charge >= 0.3 is 11.9 Å². The topological polar surface area (TPSA) is 114 Å². The summed E-state index contributed by atoms with van der Waals surface area (Å²) in [7, 11) is 1.71. The standard InChI is InChI=1S/C25H30N2O5/c1-30-21-11-6-19(7-12-21)25(29)32-22-9-2-17(3-10-22)4-13-24(28)31-15-14-18-5-8-20(26)16-23(18)27/h2-5,8-10,13,16,19,21H,6-7,11-12,14-15,26-27H2,1H3. The fourth-order valence-electron chi connectivity index (χ4n) is 3.70. The fraction of sp³-hybridized carbons (Fsp3) is 0.360. The van der Waals surface area contributed by atoms with Crippen molar-refractivity contribution in [3.05, 3.63) is 59.7 Å². The molecule has 0 amide bonds. The zero-order valence-corrected chi connectivity index (χ0v) is 18.3. The minimum atomic E-state index is -0.443. The Morgan fingerprint density at radius 1 is 1.03 bits per heavy atom. The Morgan fingerprint density at radius 3 is 2.41 bits per heavy atom. The van der Waals surface area contributed by atoms with Crippen LogP contribution in [0, 0.1) is 5.92 Å². The van der Waals surface area contributed by atoms with Crippen LogP contribution < -0.4 is 16.2 Å². The molecule has 1 aliphatic carbocycles. The summed E-state index contributed by atoms with van der Waals surface area (Å²) in [4.78, 5) is 24.3. The van der Waals surface area contributed by atoms with Gasteiger partial charge in [0.25, 0.3) is 0 Å². The minimum absolute atomic E-state index is 0.0839. The van der Waals surface area contributed by atoms with Crippen LogP contribution in [0.25, 0.3) is 6.08 Å². The Balaban J connectivity index is 1.42. The summed E-state index contributed by atoms with van der Waals surface area (Å²) in [6.07, 6.45) is 7.09. The summed E-state index contributed by atoms with van der Waals surface area (Å²) in [5.41, 5.74) is 14.4. The molecule has 1 fully saturated rings. The predicted molar refractivity (Wildman–Crippen MR) is 124 cm³/mol. The summed E-state index contributed by atoms with van der Waals surface area (Å²) in [6, 6.07) is 12.3. The molecule has 32 heavy (non-hydrogen) atoms. The second kappa shape index (κ2) is 11.3. The lowest BCUT2D eigenvalue weighted by molar-refractivity contribution is -0.141. The number of nitrogens with two attached hydrogens (primary N) is 2. The number of nitrogen functional groups attached to an aromatic ring is 2. The van der Waals surface area contributed by atoms with Gasteiger partial charge in [-0.25, -0.2) is 4.79 Å². The van der Waals surface area contributed by atoms with E-state index in [9.17, 15) is 9.59 Å². The van der Waals surface area contributed by atoms with Gasteiger partial charge in [-0.3, -0.25) is 4.79 Å². The number of benzene rings is 2. The second-order valence-electron chi connectivity index (χ2n) is 7.91. The van der Waals surface area contributed by atoms with Crippen molar-refractivity contribution in [3.8, 4) is 5.75 Å². The number of hydrogen-bond donors (Lipinski definition) is 2. The number of esters is 2. The zero-order chi connectivity index (χ0) is 22.9. The maximum atomic E-state index is 12.4. The van der Waals surface area contributed by atoms with Crippen molar-refractivity contribution in [1.82, 2.24) is 0 Å². The predicted octanol–water partition coefficient (Wildman–Crippen LogP) is 3.76. The number of methoxy groups -OCH3 is 1. The first-order valence-electron chi connectivity index (χ1n) is 10.8. The van der Waals surface area contributed by atoms with Gasteiger partial charge in [-0.1, -0.05) is 18.2 Å². The molecule has 0 aliphatic heterocycles. The van der Waals surface area contributed by atoms with Crippen LogP contribution in [0.2, 0.25) is 0 Å². The molecule has 7 heteroatoms. The smallest absolute Gasteiger partial charge is 0.330 e. The van der Waals surface area contributed by atoms with Gasteiger partial charge in [0, 0.05) is 31.0 Å². The molecule has 0 heterocycles. The van der Waals surface area contributed by atoms with E-state index in [2.05, 4.69) is 0 Å². The summed E-state index contributed by atoms with van der Waals surface area (Å²) < 4.78 is 16.1. The molecular formula is C25H30N2O5. The maximum absolute atomic E-state index is 12.4. The quantitative estimate of drug-likeness (QED) is 0.279. The van der Waals surface area contributed by atoms with Crippen molar-refractivity contribution >= 4 is 29.4 Å². The number of carbonyl (C=O) groups excluding carboxylic acids is 2. The highest BCUT2D eigenvalue weighted by Crippen LogP contribution is 2.27. The summed E-state index contributed by atoms with van der Waals surface area (Å²) in [5.74, 6) is -0.238. The van der Waals surface area contributed by atoms with Gasteiger partial charge < -0.3 is 25.7 Å². The fourth-order valence-corrected chi connectivity index (χ4v) is 3.70. The van der Waals surface area contributed by atoms with Crippen molar-refractivity contribution < 1.29 is 23.8 Å². The van der Waals surface area contributed by atoms with E-state index in [0.717, 1.165) is 36.8 Å². The molecule has 0 atom stereocenters. The van der Waals surface area contributed by atoms with Crippen LogP contribution in [0.3, 0.4) is 0 Å². The Labute approximate surface area is 188 Å². The average Bonchev–Trinajstić information content (AvgIpc) is 2.80. The van der Waals surface area contributed by atoms with Gasteiger partial charge in [-0.2, -0.15) is 0 Å². The van der Waals surface area contributed by atoms with E-state index >= 15 is 0 Å². The van der Waals surface area contributed by atoms with E-state index in [-0.39, 0.29) is 24.6 Å². The van der Waals surface area contributed by atoms with Crippen molar-refractivity contribution in [3.63, 3.8) is 0 Å². The molecule has 170 valence electrons. The molecule has 0 unspecified atom stereocenters. The summed E-state index contributed by atoms with van der Waals surface area (Å²) >= 11 is 0. The second-order valence-corrected chi connectivity index (χ2v) is 7.91. The Hall–Kier alpha value is -3.32. The minimum Gasteiger partial charge on any atom is -0.462 e. The zero-order valence-electron chi connectivity index (χ0n) is 18.3. The number of anilines is 2. The third-order valence-corrected chi connectivity index (χ3v) is 5.64. The van der Waals surface area contributed by atoms with Gasteiger partial charge in [-0.05, 0) is 67.2 Å². The van der Waals surface area contributed by atoms with E-state index in [1.807, 2.05) is 6.07 Å². The average molecular weight is 439 g/mol. The number of carbonyl (C=O) groups is 2. The first-order valence-corrected chi connectivity index (χ1v) is 10.8. The van der Waals surface area contributed by atoms with Crippen molar-refractivity contribution in [2.45, 2.75) is 38.2 Å². The Bertz CT molecular complexity index is 947. The molecule has 4 N–H and O–H groups in total. The molecule has 0 radical (unpaired) electrons. The molecule has 0 bridgehead atoms. The highest BCUT2D eigenvalue weighted by molar-refractivity contribution is 5.87. The van der Waals surface area contributed by atoms with Crippen LogP contribution in [-0.4, -0.2) is 31.8 Å². The number of hydrogen-bond acceptors (Lipinski definition) is 7. The first kappa shape index (κ1) is 23.3. The van der Waals surface area contributed by atoms with Gasteiger partial charge in [0.15, 0.2) is 0 Å². The third kappa shape index (κ3) is 6.85. The number of ether oxygens (including phenoxy) is 3. The molecular weight excluding hydrogens is 408 g/mol. The molecule has 1 saturated carbocycles. The Kier molecular flexibility index (Phi) is 8.27. The van der Waals surface area contributed by atoms with E-state index in [0.29, 0.717) is 23.5 Å². The van der Waals surface area contributed by atoms with Crippen LogP contribution in [0.1, 0.15) is 36.8 Å². The first-order chi connectivity index (χ1) is 15.4. The van der Waals surface area contributed by atoms with Crippen LogP contribution in [0.4, 0.5) is 11.4 Å². The summed E-state index contributed by atoms with van der Waals surface area (Å²) in [5, 5.41) is 0. The van der Waals surface area contributed by atoms with Crippen molar-refractivity contribution in [2.75, 3.05) is 25.2 Å². The molecule has 0 saturated heterocycles. The highest BCUT2D eigenvalue weighted by Gasteiger charge is 2.27. The van der Waals surface area contributed by atoms with Crippen molar-refractivity contribution in [2.24, 2.45) is 5.92 Å². The van der Waals surface area contributed by atoms with E-state index in [4.69, 9.17) is 25.7 Å². The van der Waals surface area contributed by atoms with Gasteiger partial charge in [-0.15, -0.1) is 0 Å². The molecule has 1 aliphatic rings. The van der Waals surface area contributed by atoms with Crippen LogP contribution >= 0.6 is 0 Å². The molecule has 7 nitrogen and oxygen atoms in total. The molecule has 2 aromatic carbocycles. The molecule has 0 aromatic heterocycles. The van der Waals surface area contributed by atoms with Crippen LogP contribution in [0.15, 0.2) is 48.5 Å². The van der Waals surface area contributed by atoms with Gasteiger partial charge in [0.1, 0.15) is 5.75 Å². The Morgan fingerprint density at radius 2 is 1.75 bits per heavy atom. The third-order valence-electron chi connectivity index (χ3n) is 5.64. The van der Waals surface area contributed by atoms with Crippen LogP contribution in [0.5, 0.6) is 5.75 Å². The lowest BCUT2D eigenvalue weighted by Crippen LogP contribution is -2.28.